The minimum absolute atomic E-state index is 0.0103. The number of pyridine rings is 1. The Labute approximate surface area is 176 Å². The number of hydrogen-bond donors (Lipinski definition) is 1. The predicted octanol–water partition coefficient (Wildman–Crippen LogP) is 4.08. The van der Waals surface area contributed by atoms with Crippen LogP contribution in [0.4, 0.5) is 5.69 Å². The van der Waals surface area contributed by atoms with Crippen molar-refractivity contribution in [2.24, 2.45) is 0 Å². The number of aryl methyl sites for hydroxylation is 1. The van der Waals surface area contributed by atoms with Gasteiger partial charge in [-0.25, -0.2) is 4.98 Å². The number of ether oxygens (including phenoxy) is 1. The Hall–Kier alpha value is -3.19. The molecule has 2 aromatic heterocycles. The van der Waals surface area contributed by atoms with Gasteiger partial charge < -0.3 is 10.1 Å². The summed E-state index contributed by atoms with van der Waals surface area (Å²) in [6.07, 6.45) is 8.61. The number of nitrogens with zero attached hydrogens (tertiary/aromatic N) is 4. The predicted molar refractivity (Wildman–Crippen MR) is 115 cm³/mol. The normalized spacial score (nSPS) is 16.9. The highest BCUT2D eigenvalue weighted by molar-refractivity contribution is 5.94. The summed E-state index contributed by atoms with van der Waals surface area (Å²) < 4.78 is 7.63. The van der Waals surface area contributed by atoms with Crippen LogP contribution in [0.3, 0.4) is 0 Å². The van der Waals surface area contributed by atoms with Crippen molar-refractivity contribution >= 4 is 11.6 Å². The molecule has 7 nitrogen and oxygen atoms in total. The number of likely N-dealkylation sites (tertiary alicyclic amines) is 1. The Morgan fingerprint density at radius 1 is 1.17 bits per heavy atom. The highest BCUT2D eigenvalue weighted by Crippen LogP contribution is 2.23. The van der Waals surface area contributed by atoms with Gasteiger partial charge in [0.15, 0.2) is 0 Å². The third-order valence-electron chi connectivity index (χ3n) is 5.28. The third-order valence-corrected chi connectivity index (χ3v) is 5.28. The third kappa shape index (κ3) is 5.04. The number of anilines is 1. The highest BCUT2D eigenvalue weighted by Gasteiger charge is 2.29. The zero-order chi connectivity index (χ0) is 20.8. The molecule has 0 aliphatic carbocycles. The van der Waals surface area contributed by atoms with Crippen LogP contribution in [0.5, 0.6) is 11.6 Å². The van der Waals surface area contributed by atoms with Crippen molar-refractivity contribution in [2.45, 2.75) is 45.3 Å². The van der Waals surface area contributed by atoms with E-state index in [0.29, 0.717) is 11.6 Å². The van der Waals surface area contributed by atoms with Crippen LogP contribution < -0.4 is 10.1 Å². The van der Waals surface area contributed by atoms with Crippen LogP contribution in [0.2, 0.25) is 0 Å². The molecule has 0 spiro atoms. The average Bonchev–Trinajstić information content (AvgIpc) is 3.24. The van der Waals surface area contributed by atoms with Crippen molar-refractivity contribution in [1.29, 1.82) is 0 Å². The Balaban J connectivity index is 1.37. The lowest BCUT2D eigenvalue weighted by atomic mass is 10.0. The minimum Gasteiger partial charge on any atom is -0.439 e. The van der Waals surface area contributed by atoms with E-state index in [-0.39, 0.29) is 11.9 Å². The number of rotatable bonds is 7. The fourth-order valence-corrected chi connectivity index (χ4v) is 3.72. The maximum Gasteiger partial charge on any atom is 0.241 e. The van der Waals surface area contributed by atoms with E-state index in [1.165, 1.54) is 0 Å². The lowest BCUT2D eigenvalue weighted by molar-refractivity contribution is -0.122. The molecular weight excluding hydrogens is 378 g/mol. The topological polar surface area (TPSA) is 72.3 Å². The summed E-state index contributed by atoms with van der Waals surface area (Å²) in [4.78, 5) is 19.5. The monoisotopic (exact) mass is 405 g/mol. The van der Waals surface area contributed by atoms with Gasteiger partial charge in [-0.3, -0.25) is 14.4 Å². The molecule has 3 heterocycles. The zero-order valence-electron chi connectivity index (χ0n) is 17.2. The molecule has 3 aromatic rings. The molecule has 1 fully saturated rings. The van der Waals surface area contributed by atoms with Gasteiger partial charge in [-0.05, 0) is 44.5 Å². The first kappa shape index (κ1) is 20.1. The molecule has 7 heteroatoms. The molecule has 4 rings (SSSR count). The molecule has 1 amide bonds. The largest absolute Gasteiger partial charge is 0.439 e. The second-order valence-electron chi connectivity index (χ2n) is 7.48. The number of para-hydroxylation sites is 1. The molecule has 0 bridgehead atoms. The second kappa shape index (κ2) is 9.54. The van der Waals surface area contributed by atoms with Crippen LogP contribution in [-0.4, -0.2) is 38.2 Å². The first-order chi connectivity index (χ1) is 14.7. The first-order valence-electron chi connectivity index (χ1n) is 10.5. The summed E-state index contributed by atoms with van der Waals surface area (Å²) in [6, 6.07) is 12.9. The van der Waals surface area contributed by atoms with E-state index in [1.807, 2.05) is 47.3 Å². The number of aromatic nitrogens is 3. The van der Waals surface area contributed by atoms with Crippen LogP contribution in [0.25, 0.3) is 0 Å². The second-order valence-corrected chi connectivity index (χ2v) is 7.48. The molecule has 0 radical (unpaired) electrons. The summed E-state index contributed by atoms with van der Waals surface area (Å²) in [7, 11) is 0. The highest BCUT2D eigenvalue weighted by atomic mass is 16.5. The number of nitrogens with one attached hydrogen (secondary N) is 1. The van der Waals surface area contributed by atoms with E-state index in [1.54, 1.807) is 12.3 Å². The molecule has 156 valence electrons. The molecular formula is C23H27N5O2. The van der Waals surface area contributed by atoms with E-state index in [2.05, 4.69) is 33.4 Å². The number of amides is 1. The smallest absolute Gasteiger partial charge is 0.241 e. The van der Waals surface area contributed by atoms with Crippen molar-refractivity contribution in [3.8, 4) is 11.6 Å². The summed E-state index contributed by atoms with van der Waals surface area (Å²) >= 11 is 0. The molecule has 30 heavy (non-hydrogen) atoms. The van der Waals surface area contributed by atoms with Gasteiger partial charge in [-0.1, -0.05) is 24.6 Å². The average molecular weight is 406 g/mol. The van der Waals surface area contributed by atoms with E-state index in [9.17, 15) is 4.79 Å². The van der Waals surface area contributed by atoms with Crippen LogP contribution in [0.1, 0.15) is 31.7 Å². The number of piperidine rings is 1. The minimum atomic E-state index is -0.149. The summed E-state index contributed by atoms with van der Waals surface area (Å²) in [5.74, 6) is 1.23. The standard InChI is InChI=1S/C23H27N5O2/c1-2-28-17-18(14-25-28)16-27-13-7-6-10-21(27)23(29)26-19-11-12-22(24-15-19)30-20-8-4-3-5-9-20/h3-5,8-9,11-12,14-15,17,21H,2,6-7,10,13,16H2,1H3,(H,26,29)/t21-/m0/s1. The summed E-state index contributed by atoms with van der Waals surface area (Å²) in [6.45, 7) is 4.57. The Kier molecular flexibility index (Phi) is 6.39. The van der Waals surface area contributed by atoms with Gasteiger partial charge in [0.05, 0.1) is 24.1 Å². The lowest BCUT2D eigenvalue weighted by Crippen LogP contribution is -2.46. The van der Waals surface area contributed by atoms with Gasteiger partial charge >= 0.3 is 0 Å². The van der Waals surface area contributed by atoms with Crippen LogP contribution >= 0.6 is 0 Å². The van der Waals surface area contributed by atoms with Gasteiger partial charge in [0, 0.05) is 30.9 Å². The van der Waals surface area contributed by atoms with Gasteiger partial charge in [0.1, 0.15) is 5.75 Å². The van der Waals surface area contributed by atoms with Gasteiger partial charge in [-0.15, -0.1) is 0 Å². The number of benzene rings is 1. The quantitative estimate of drug-likeness (QED) is 0.641. The molecule has 1 N–H and O–H groups in total. The Bertz CT molecular complexity index is 955. The van der Waals surface area contributed by atoms with Crippen LogP contribution in [0, 0.1) is 0 Å². The first-order valence-corrected chi connectivity index (χ1v) is 10.5. The fraction of sp³-hybridized carbons (Fsp3) is 0.348. The molecule has 0 unspecified atom stereocenters. The number of hydrogen-bond acceptors (Lipinski definition) is 5. The SMILES string of the molecule is CCn1cc(CN2CCCC[C@H]2C(=O)Nc2ccc(Oc3ccccc3)nc2)cn1. The van der Waals surface area contributed by atoms with Crippen molar-refractivity contribution in [2.75, 3.05) is 11.9 Å². The van der Waals surface area contributed by atoms with E-state index in [4.69, 9.17) is 4.74 Å². The molecule has 1 aliphatic heterocycles. The Morgan fingerprint density at radius 2 is 2.03 bits per heavy atom. The van der Waals surface area contributed by atoms with Crippen LogP contribution in [0.15, 0.2) is 61.1 Å². The molecule has 1 aromatic carbocycles. The fourth-order valence-electron chi connectivity index (χ4n) is 3.72. The number of carbonyl (C=O) groups excluding carboxylic acids is 1. The lowest BCUT2D eigenvalue weighted by Gasteiger charge is -2.34. The van der Waals surface area contributed by atoms with Crippen molar-refractivity contribution in [3.05, 3.63) is 66.6 Å². The maximum absolute atomic E-state index is 13.0. The summed E-state index contributed by atoms with van der Waals surface area (Å²) in [5.41, 5.74) is 1.81. The van der Waals surface area contributed by atoms with E-state index >= 15 is 0 Å². The van der Waals surface area contributed by atoms with Gasteiger partial charge in [0.2, 0.25) is 11.8 Å². The van der Waals surface area contributed by atoms with Crippen molar-refractivity contribution in [1.82, 2.24) is 19.7 Å². The molecule has 1 saturated heterocycles. The molecule has 0 saturated carbocycles. The molecule has 1 atom stereocenters. The van der Waals surface area contributed by atoms with E-state index in [0.717, 1.165) is 50.2 Å². The number of carbonyl (C=O) groups is 1. The van der Waals surface area contributed by atoms with Gasteiger partial charge in [0.25, 0.3) is 0 Å². The van der Waals surface area contributed by atoms with Gasteiger partial charge in [-0.2, -0.15) is 5.10 Å². The van der Waals surface area contributed by atoms with Crippen molar-refractivity contribution in [3.63, 3.8) is 0 Å². The Morgan fingerprint density at radius 3 is 2.77 bits per heavy atom. The van der Waals surface area contributed by atoms with E-state index < -0.39 is 0 Å². The molecule has 1 aliphatic rings. The zero-order valence-corrected chi connectivity index (χ0v) is 17.2. The van der Waals surface area contributed by atoms with Crippen molar-refractivity contribution < 1.29 is 9.53 Å². The van der Waals surface area contributed by atoms with Crippen LogP contribution in [-0.2, 0) is 17.9 Å². The summed E-state index contributed by atoms with van der Waals surface area (Å²) in [5, 5.41) is 7.36. The maximum atomic E-state index is 13.0.